The van der Waals surface area contributed by atoms with Crippen LogP contribution in [0, 0.1) is 23.2 Å². The van der Waals surface area contributed by atoms with Crippen LogP contribution in [-0.4, -0.2) is 25.2 Å². The largest absolute Gasteiger partial charge is 0.497 e. The van der Waals surface area contributed by atoms with E-state index in [1.165, 1.54) is 6.42 Å². The number of rotatable bonds is 5. The highest BCUT2D eigenvalue weighted by Crippen LogP contribution is 2.29. The van der Waals surface area contributed by atoms with Gasteiger partial charge in [0.05, 0.1) is 7.11 Å². The van der Waals surface area contributed by atoms with Gasteiger partial charge in [0, 0.05) is 13.1 Å². The predicted molar refractivity (Wildman–Crippen MR) is 93.7 cm³/mol. The lowest BCUT2D eigenvalue weighted by molar-refractivity contribution is 0.260. The fraction of sp³-hybridized carbons (Fsp3) is 0.474. The van der Waals surface area contributed by atoms with Crippen LogP contribution in [0.4, 0.5) is 5.88 Å². The minimum Gasteiger partial charge on any atom is -0.497 e. The molecule has 1 aromatic carbocycles. The van der Waals surface area contributed by atoms with Crippen molar-refractivity contribution >= 4 is 5.88 Å². The molecule has 0 saturated carbocycles. The summed E-state index contributed by atoms with van der Waals surface area (Å²) >= 11 is 0. The molecular weight excluding hydrogens is 318 g/mol. The van der Waals surface area contributed by atoms with Gasteiger partial charge in [-0.05, 0) is 42.5 Å². The summed E-state index contributed by atoms with van der Waals surface area (Å²) in [4.78, 5) is 6.41. The minimum atomic E-state index is 0.181. The summed E-state index contributed by atoms with van der Waals surface area (Å²) in [5.41, 5.74) is 0.328. The average molecular weight is 341 g/mol. The lowest BCUT2D eigenvalue weighted by Gasteiger charge is -2.34. The van der Waals surface area contributed by atoms with E-state index >= 15 is 0 Å². The summed E-state index contributed by atoms with van der Waals surface area (Å²) in [5, 5.41) is 9.38. The SMILES string of the molecule is COc1ccc(OCc2nc(C#N)c(N3CC(C)CC(C)C3)o2)cc1. The van der Waals surface area contributed by atoms with E-state index in [0.717, 1.165) is 18.8 Å². The highest BCUT2D eigenvalue weighted by atomic mass is 16.5. The Balaban J connectivity index is 1.70. The molecule has 6 heteroatoms. The monoisotopic (exact) mass is 341 g/mol. The third-order valence-electron chi connectivity index (χ3n) is 4.34. The summed E-state index contributed by atoms with van der Waals surface area (Å²) in [6.45, 7) is 6.39. The molecule has 0 amide bonds. The first-order valence-electron chi connectivity index (χ1n) is 8.50. The van der Waals surface area contributed by atoms with Crippen LogP contribution in [0.3, 0.4) is 0 Å². The van der Waals surface area contributed by atoms with Gasteiger partial charge in [0.1, 0.15) is 17.6 Å². The van der Waals surface area contributed by atoms with Crippen LogP contribution in [0.2, 0.25) is 0 Å². The Hall–Kier alpha value is -2.68. The number of methoxy groups -OCH3 is 1. The number of anilines is 1. The molecule has 1 aliphatic heterocycles. The Bertz CT molecular complexity index is 738. The van der Waals surface area contributed by atoms with Crippen LogP contribution in [0.5, 0.6) is 11.5 Å². The summed E-state index contributed by atoms with van der Waals surface area (Å²) in [5.74, 6) is 3.58. The number of nitrogens with zero attached hydrogens (tertiary/aromatic N) is 3. The van der Waals surface area contributed by atoms with Crippen molar-refractivity contribution in [1.82, 2.24) is 4.98 Å². The summed E-state index contributed by atoms with van der Waals surface area (Å²) in [6.07, 6.45) is 1.19. The van der Waals surface area contributed by atoms with Crippen LogP contribution in [0.25, 0.3) is 0 Å². The molecule has 2 aromatic rings. The van der Waals surface area contributed by atoms with Crippen molar-refractivity contribution in [3.05, 3.63) is 35.9 Å². The van der Waals surface area contributed by atoms with Crippen LogP contribution in [-0.2, 0) is 6.61 Å². The molecule has 3 rings (SSSR count). The van der Waals surface area contributed by atoms with Gasteiger partial charge in [-0.15, -0.1) is 0 Å². The van der Waals surface area contributed by atoms with E-state index in [1.54, 1.807) is 7.11 Å². The van der Waals surface area contributed by atoms with Crippen molar-refractivity contribution in [3.8, 4) is 17.6 Å². The van der Waals surface area contributed by atoms with Crippen molar-refractivity contribution in [3.63, 3.8) is 0 Å². The van der Waals surface area contributed by atoms with E-state index in [4.69, 9.17) is 13.9 Å². The van der Waals surface area contributed by atoms with Crippen LogP contribution < -0.4 is 14.4 Å². The predicted octanol–water partition coefficient (Wildman–Crippen LogP) is 3.62. The maximum atomic E-state index is 9.38. The molecule has 6 nitrogen and oxygen atoms in total. The summed E-state index contributed by atoms with van der Waals surface area (Å²) < 4.78 is 16.7. The van der Waals surface area contributed by atoms with Crippen LogP contribution >= 0.6 is 0 Å². The zero-order valence-corrected chi connectivity index (χ0v) is 14.9. The summed E-state index contributed by atoms with van der Waals surface area (Å²) in [7, 11) is 1.62. The van der Waals surface area contributed by atoms with Gasteiger partial charge >= 0.3 is 0 Å². The fourth-order valence-corrected chi connectivity index (χ4v) is 3.35. The molecule has 0 spiro atoms. The van der Waals surface area contributed by atoms with E-state index in [9.17, 15) is 5.26 Å². The van der Waals surface area contributed by atoms with Gasteiger partial charge < -0.3 is 18.8 Å². The molecule has 2 atom stereocenters. The lowest BCUT2D eigenvalue weighted by Crippen LogP contribution is -2.38. The van der Waals surface area contributed by atoms with Crippen molar-refractivity contribution in [2.24, 2.45) is 11.8 Å². The number of benzene rings is 1. The molecule has 0 radical (unpaired) electrons. The first kappa shape index (κ1) is 17.2. The van der Waals surface area contributed by atoms with Crippen molar-refractivity contribution in [1.29, 1.82) is 5.26 Å². The zero-order valence-electron chi connectivity index (χ0n) is 14.9. The van der Waals surface area contributed by atoms with Gasteiger partial charge in [0.15, 0.2) is 6.61 Å². The Morgan fingerprint density at radius 1 is 1.20 bits per heavy atom. The maximum Gasteiger partial charge on any atom is 0.236 e. The lowest BCUT2D eigenvalue weighted by atomic mass is 9.92. The standard InChI is InChI=1S/C19H23N3O3/c1-13-8-14(2)11-22(10-13)19-17(9-20)21-18(25-19)12-24-16-6-4-15(23-3)5-7-16/h4-7,13-14H,8,10-12H2,1-3H3. The van der Waals surface area contributed by atoms with Crippen LogP contribution in [0.15, 0.2) is 28.7 Å². The molecule has 1 saturated heterocycles. The second kappa shape index (κ2) is 7.47. The van der Waals surface area contributed by atoms with Crippen molar-refractivity contribution in [2.45, 2.75) is 26.9 Å². The molecule has 2 heterocycles. The number of hydrogen-bond acceptors (Lipinski definition) is 6. The maximum absolute atomic E-state index is 9.38. The third-order valence-corrected chi connectivity index (χ3v) is 4.34. The van der Waals surface area contributed by atoms with Crippen molar-refractivity contribution in [2.75, 3.05) is 25.1 Å². The normalized spacial score (nSPS) is 20.2. The number of hydrogen-bond donors (Lipinski definition) is 0. The fourth-order valence-electron chi connectivity index (χ4n) is 3.35. The topological polar surface area (TPSA) is 71.5 Å². The molecule has 0 aliphatic carbocycles. The van der Waals surface area contributed by atoms with Gasteiger partial charge in [0.2, 0.25) is 17.5 Å². The number of oxazole rings is 1. The second-order valence-corrected chi connectivity index (χ2v) is 6.69. The molecule has 1 aromatic heterocycles. The number of ether oxygens (including phenoxy) is 2. The smallest absolute Gasteiger partial charge is 0.236 e. The van der Waals surface area contributed by atoms with Gasteiger partial charge in [0.25, 0.3) is 0 Å². The third kappa shape index (κ3) is 4.05. The van der Waals surface area contributed by atoms with Crippen LogP contribution in [0.1, 0.15) is 31.9 Å². The van der Waals surface area contributed by atoms with Crippen molar-refractivity contribution < 1.29 is 13.9 Å². The average Bonchev–Trinajstić information content (AvgIpc) is 3.03. The first-order chi connectivity index (χ1) is 12.1. The molecule has 1 fully saturated rings. The molecule has 132 valence electrons. The van der Waals surface area contributed by atoms with Gasteiger partial charge in [-0.2, -0.15) is 10.2 Å². The van der Waals surface area contributed by atoms with E-state index in [-0.39, 0.29) is 6.61 Å². The Morgan fingerprint density at radius 2 is 1.84 bits per heavy atom. The van der Waals surface area contributed by atoms with E-state index in [0.29, 0.717) is 35.1 Å². The van der Waals surface area contributed by atoms with Gasteiger partial charge in [-0.1, -0.05) is 13.8 Å². The van der Waals surface area contributed by atoms with Gasteiger partial charge in [-0.25, -0.2) is 0 Å². The molecule has 2 unspecified atom stereocenters. The molecular formula is C19H23N3O3. The molecule has 0 N–H and O–H groups in total. The quantitative estimate of drug-likeness (QED) is 0.827. The van der Waals surface area contributed by atoms with E-state index in [1.807, 2.05) is 24.3 Å². The Labute approximate surface area is 148 Å². The highest BCUT2D eigenvalue weighted by molar-refractivity contribution is 5.48. The zero-order chi connectivity index (χ0) is 17.8. The molecule has 1 aliphatic rings. The second-order valence-electron chi connectivity index (χ2n) is 6.69. The highest BCUT2D eigenvalue weighted by Gasteiger charge is 2.27. The summed E-state index contributed by atoms with van der Waals surface area (Å²) in [6, 6.07) is 9.43. The number of aromatic nitrogens is 1. The molecule has 25 heavy (non-hydrogen) atoms. The minimum absolute atomic E-state index is 0.181. The number of piperidine rings is 1. The van der Waals surface area contributed by atoms with Gasteiger partial charge in [-0.3, -0.25) is 0 Å². The number of nitriles is 1. The van der Waals surface area contributed by atoms with E-state index < -0.39 is 0 Å². The Morgan fingerprint density at radius 3 is 2.44 bits per heavy atom. The Kier molecular flexibility index (Phi) is 5.13. The first-order valence-corrected chi connectivity index (χ1v) is 8.50. The molecule has 0 bridgehead atoms. The van der Waals surface area contributed by atoms with E-state index in [2.05, 4.69) is 29.8 Å².